The summed E-state index contributed by atoms with van der Waals surface area (Å²) in [4.78, 5) is 7.48. The van der Waals surface area contributed by atoms with E-state index in [2.05, 4.69) is 15.2 Å². The highest BCUT2D eigenvalue weighted by Crippen LogP contribution is 2.31. The first kappa shape index (κ1) is 19.5. The molecule has 0 aliphatic heterocycles. The van der Waals surface area contributed by atoms with Gasteiger partial charge in [-0.3, -0.25) is 4.40 Å². The summed E-state index contributed by atoms with van der Waals surface area (Å²) in [6, 6.07) is 8.50. The number of ether oxygens (including phenoxy) is 1. The molecule has 0 aliphatic carbocycles. The van der Waals surface area contributed by atoms with E-state index in [1.54, 1.807) is 17.4 Å². The van der Waals surface area contributed by atoms with E-state index in [1.165, 1.54) is 17.0 Å². The molecule has 0 atom stereocenters. The van der Waals surface area contributed by atoms with Crippen molar-refractivity contribution >= 4 is 17.0 Å². The van der Waals surface area contributed by atoms with Crippen LogP contribution in [0.25, 0.3) is 16.8 Å². The van der Waals surface area contributed by atoms with Crippen LogP contribution in [0.4, 0.5) is 4.39 Å². The number of pyridine rings is 1. The summed E-state index contributed by atoms with van der Waals surface area (Å²) in [5, 5.41) is 8.49. The van der Waals surface area contributed by atoms with Gasteiger partial charge in [0.15, 0.2) is 11.5 Å². The Morgan fingerprint density at radius 3 is 2.79 bits per heavy atom. The average molecular weight is 412 g/mol. The number of hydrogen-bond donors (Lipinski definition) is 0. The number of nitrogens with zero attached hydrogens (tertiary/aromatic N) is 5. The van der Waals surface area contributed by atoms with E-state index in [1.807, 2.05) is 54.2 Å². The summed E-state index contributed by atoms with van der Waals surface area (Å²) < 4.78 is 21.9. The molecule has 3 heterocycles. The Morgan fingerprint density at radius 1 is 1.17 bits per heavy atom. The van der Waals surface area contributed by atoms with E-state index < -0.39 is 0 Å². The Bertz CT molecular complexity index is 1140. The van der Waals surface area contributed by atoms with Crippen molar-refractivity contribution in [2.75, 3.05) is 20.7 Å². The van der Waals surface area contributed by atoms with Gasteiger partial charge in [-0.15, -0.1) is 21.5 Å². The van der Waals surface area contributed by atoms with Crippen LogP contribution in [0.15, 0.2) is 42.0 Å². The maximum atomic E-state index is 13.9. The highest BCUT2D eigenvalue weighted by Gasteiger charge is 2.12. The van der Waals surface area contributed by atoms with Crippen molar-refractivity contribution in [1.29, 1.82) is 0 Å². The monoisotopic (exact) mass is 411 g/mol. The summed E-state index contributed by atoms with van der Waals surface area (Å²) in [5.41, 5.74) is 5.37. The van der Waals surface area contributed by atoms with Crippen molar-refractivity contribution < 1.29 is 9.13 Å². The lowest BCUT2D eigenvalue weighted by molar-refractivity contribution is 0.322. The number of hydrogen-bond acceptors (Lipinski definition) is 6. The zero-order chi connectivity index (χ0) is 20.4. The number of aromatic nitrogens is 4. The quantitative estimate of drug-likeness (QED) is 0.460. The molecule has 8 heteroatoms. The standard InChI is InChI=1S/C21H22FN5OS/c1-14-19(29-13-23-14)8-9-28-18-10-16(22)5-6-17(18)15-4-7-20-24-25-21(12-26(2)3)27(20)11-15/h4-7,10-11,13H,8-9,12H2,1-3H3. The Balaban J connectivity index is 1.63. The van der Waals surface area contributed by atoms with Crippen molar-refractivity contribution in [2.24, 2.45) is 0 Å². The zero-order valence-corrected chi connectivity index (χ0v) is 17.4. The van der Waals surface area contributed by atoms with Crippen molar-refractivity contribution in [2.45, 2.75) is 19.9 Å². The first-order valence-electron chi connectivity index (χ1n) is 9.31. The smallest absolute Gasteiger partial charge is 0.160 e. The Morgan fingerprint density at radius 2 is 2.03 bits per heavy atom. The number of benzene rings is 1. The maximum absolute atomic E-state index is 13.9. The summed E-state index contributed by atoms with van der Waals surface area (Å²) in [6.07, 6.45) is 2.71. The van der Waals surface area contributed by atoms with Crippen LogP contribution in [0, 0.1) is 12.7 Å². The second-order valence-corrected chi connectivity index (χ2v) is 8.04. The number of thiazole rings is 1. The van der Waals surface area contributed by atoms with Gasteiger partial charge in [0.25, 0.3) is 0 Å². The predicted octanol–water partition coefficient (Wildman–Crippen LogP) is 3.98. The SMILES string of the molecule is Cc1ncsc1CCOc1cc(F)ccc1-c1ccc2nnc(CN(C)C)n2c1. The molecule has 0 aliphatic rings. The highest BCUT2D eigenvalue weighted by atomic mass is 32.1. The van der Waals surface area contributed by atoms with E-state index in [0.717, 1.165) is 34.7 Å². The van der Waals surface area contributed by atoms with Gasteiger partial charge in [-0.25, -0.2) is 9.37 Å². The Labute approximate surface area is 172 Å². The fourth-order valence-electron chi connectivity index (χ4n) is 3.16. The van der Waals surface area contributed by atoms with E-state index >= 15 is 0 Å². The fourth-order valence-corrected chi connectivity index (χ4v) is 3.92. The van der Waals surface area contributed by atoms with Crippen LogP contribution in [0.3, 0.4) is 0 Å². The zero-order valence-electron chi connectivity index (χ0n) is 16.6. The number of rotatable bonds is 7. The summed E-state index contributed by atoms with van der Waals surface area (Å²) >= 11 is 1.61. The molecule has 0 spiro atoms. The Hall–Kier alpha value is -2.84. The van der Waals surface area contributed by atoms with Gasteiger partial charge in [0.05, 0.1) is 24.4 Å². The molecule has 0 radical (unpaired) electrons. The number of fused-ring (bicyclic) bond motifs is 1. The lowest BCUT2D eigenvalue weighted by atomic mass is 10.1. The third-order valence-corrected chi connectivity index (χ3v) is 5.61. The second kappa shape index (κ2) is 8.26. The molecule has 0 saturated carbocycles. The summed E-state index contributed by atoms with van der Waals surface area (Å²) in [7, 11) is 3.98. The molecule has 29 heavy (non-hydrogen) atoms. The van der Waals surface area contributed by atoms with Crippen LogP contribution in [0.5, 0.6) is 5.75 Å². The molecule has 1 aromatic carbocycles. The minimum Gasteiger partial charge on any atom is -0.492 e. The van der Waals surface area contributed by atoms with Gasteiger partial charge < -0.3 is 9.64 Å². The summed E-state index contributed by atoms with van der Waals surface area (Å²) in [6.45, 7) is 3.12. The number of halogens is 1. The van der Waals surface area contributed by atoms with Gasteiger partial charge in [-0.2, -0.15) is 0 Å². The molecular weight excluding hydrogens is 389 g/mol. The van der Waals surface area contributed by atoms with E-state index in [4.69, 9.17) is 4.74 Å². The van der Waals surface area contributed by atoms with Crippen molar-refractivity contribution in [3.05, 3.63) is 64.3 Å². The van der Waals surface area contributed by atoms with Crippen LogP contribution >= 0.6 is 11.3 Å². The highest BCUT2D eigenvalue weighted by molar-refractivity contribution is 7.09. The van der Waals surface area contributed by atoms with Gasteiger partial charge in [0.1, 0.15) is 11.6 Å². The van der Waals surface area contributed by atoms with Gasteiger partial charge in [0, 0.05) is 34.7 Å². The molecule has 0 amide bonds. The van der Waals surface area contributed by atoms with Gasteiger partial charge >= 0.3 is 0 Å². The molecule has 150 valence electrons. The van der Waals surface area contributed by atoms with E-state index in [9.17, 15) is 4.39 Å². The lowest BCUT2D eigenvalue weighted by Gasteiger charge is -2.13. The molecule has 0 unspecified atom stereocenters. The van der Waals surface area contributed by atoms with Crippen molar-refractivity contribution in [3.8, 4) is 16.9 Å². The van der Waals surface area contributed by atoms with Crippen LogP contribution in [0.2, 0.25) is 0 Å². The third kappa shape index (κ3) is 4.28. The fraction of sp³-hybridized carbons (Fsp3) is 0.286. The normalized spacial score (nSPS) is 11.5. The van der Waals surface area contributed by atoms with Gasteiger partial charge in [-0.1, -0.05) is 0 Å². The number of aryl methyl sites for hydroxylation is 1. The molecule has 0 saturated heterocycles. The van der Waals surface area contributed by atoms with Crippen LogP contribution < -0.4 is 4.74 Å². The minimum absolute atomic E-state index is 0.323. The lowest BCUT2D eigenvalue weighted by Crippen LogP contribution is -2.13. The third-order valence-electron chi connectivity index (χ3n) is 4.62. The molecule has 6 nitrogen and oxygen atoms in total. The molecule has 4 aromatic rings. The first-order valence-corrected chi connectivity index (χ1v) is 10.2. The van der Waals surface area contributed by atoms with Crippen LogP contribution in [-0.2, 0) is 13.0 Å². The largest absolute Gasteiger partial charge is 0.492 e. The van der Waals surface area contributed by atoms with Crippen molar-refractivity contribution in [1.82, 2.24) is 24.5 Å². The molecular formula is C21H22FN5OS. The van der Waals surface area contributed by atoms with Crippen molar-refractivity contribution in [3.63, 3.8) is 0 Å². The minimum atomic E-state index is -0.323. The molecule has 0 fully saturated rings. The van der Waals surface area contributed by atoms with Gasteiger partial charge in [0.2, 0.25) is 0 Å². The molecule has 3 aromatic heterocycles. The average Bonchev–Trinajstić information content (AvgIpc) is 3.27. The first-order chi connectivity index (χ1) is 14.0. The topological polar surface area (TPSA) is 55.6 Å². The summed E-state index contributed by atoms with van der Waals surface area (Å²) in [5.74, 6) is 1.04. The second-order valence-electron chi connectivity index (χ2n) is 7.10. The molecule has 0 bridgehead atoms. The Kier molecular flexibility index (Phi) is 5.55. The van der Waals surface area contributed by atoms with Gasteiger partial charge in [-0.05, 0) is 45.3 Å². The van der Waals surface area contributed by atoms with Crippen LogP contribution in [-0.4, -0.2) is 45.2 Å². The van der Waals surface area contributed by atoms with E-state index in [0.29, 0.717) is 18.9 Å². The van der Waals surface area contributed by atoms with Crippen LogP contribution in [0.1, 0.15) is 16.4 Å². The molecule has 4 rings (SSSR count). The van der Waals surface area contributed by atoms with E-state index in [-0.39, 0.29) is 5.82 Å². The molecule has 0 N–H and O–H groups in total. The maximum Gasteiger partial charge on any atom is 0.160 e. The predicted molar refractivity (Wildman–Crippen MR) is 112 cm³/mol.